The zero-order valence-electron chi connectivity index (χ0n) is 16.3. The van der Waals surface area contributed by atoms with Crippen LogP contribution in [0.5, 0.6) is 5.75 Å². The van der Waals surface area contributed by atoms with Crippen molar-refractivity contribution in [3.63, 3.8) is 0 Å². The van der Waals surface area contributed by atoms with E-state index in [1.165, 1.54) is 6.92 Å². The van der Waals surface area contributed by atoms with E-state index in [1.54, 1.807) is 30.5 Å². The summed E-state index contributed by atoms with van der Waals surface area (Å²) >= 11 is 5.97. The van der Waals surface area contributed by atoms with Crippen LogP contribution in [0.15, 0.2) is 77.9 Å². The third kappa shape index (κ3) is 6.46. The van der Waals surface area contributed by atoms with Crippen molar-refractivity contribution in [1.82, 2.24) is 5.43 Å². The van der Waals surface area contributed by atoms with Crippen LogP contribution in [0.2, 0.25) is 5.02 Å². The monoisotopic (exact) mass is 421 g/mol. The first kappa shape index (κ1) is 21.1. The molecule has 0 aliphatic heterocycles. The first-order chi connectivity index (χ1) is 14.5. The number of anilines is 1. The molecule has 0 bridgehead atoms. The minimum absolute atomic E-state index is 0.169. The Kier molecular flexibility index (Phi) is 7.19. The number of nitrogens with zero attached hydrogens (tertiary/aromatic N) is 1. The number of hydrogen-bond donors (Lipinski definition) is 2. The van der Waals surface area contributed by atoms with E-state index in [9.17, 15) is 9.59 Å². The number of hydrazone groups is 1. The second-order valence-corrected chi connectivity index (χ2v) is 6.88. The van der Waals surface area contributed by atoms with Gasteiger partial charge in [0.05, 0.1) is 6.21 Å². The second-order valence-electron chi connectivity index (χ2n) is 6.45. The Morgan fingerprint density at radius 2 is 1.77 bits per heavy atom. The number of amides is 2. The van der Waals surface area contributed by atoms with Gasteiger partial charge in [-0.15, -0.1) is 0 Å². The Morgan fingerprint density at radius 1 is 1.03 bits per heavy atom. The van der Waals surface area contributed by atoms with Crippen LogP contribution in [0.25, 0.3) is 0 Å². The van der Waals surface area contributed by atoms with Crippen LogP contribution >= 0.6 is 11.6 Å². The van der Waals surface area contributed by atoms with Gasteiger partial charge >= 0.3 is 0 Å². The number of nitrogens with one attached hydrogen (secondary N) is 2. The quantitative estimate of drug-likeness (QED) is 0.430. The molecule has 3 aromatic carbocycles. The molecular formula is C23H20ClN3O3. The Balaban J connectivity index is 1.49. The average Bonchev–Trinajstić information content (AvgIpc) is 2.73. The summed E-state index contributed by atoms with van der Waals surface area (Å²) < 4.78 is 5.74. The number of benzene rings is 3. The molecule has 0 heterocycles. The van der Waals surface area contributed by atoms with Crippen molar-refractivity contribution in [2.45, 2.75) is 13.5 Å². The van der Waals surface area contributed by atoms with Crippen molar-refractivity contribution in [3.05, 3.63) is 94.5 Å². The molecule has 0 saturated carbocycles. The number of halogens is 1. The summed E-state index contributed by atoms with van der Waals surface area (Å²) in [4.78, 5) is 23.1. The topological polar surface area (TPSA) is 79.8 Å². The zero-order chi connectivity index (χ0) is 21.3. The molecule has 152 valence electrons. The SMILES string of the molecule is CC(=O)Nc1ccc(C(=O)N/N=C\c2ccc(OCc3cccc(Cl)c3)cc2)cc1. The molecule has 0 saturated heterocycles. The number of hydrogen-bond acceptors (Lipinski definition) is 4. The van der Waals surface area contributed by atoms with Crippen LogP contribution in [0.1, 0.15) is 28.4 Å². The average molecular weight is 422 g/mol. The lowest BCUT2D eigenvalue weighted by Crippen LogP contribution is -2.17. The molecule has 0 spiro atoms. The largest absolute Gasteiger partial charge is 0.489 e. The van der Waals surface area contributed by atoms with Crippen molar-refractivity contribution in [2.75, 3.05) is 5.32 Å². The molecule has 3 rings (SSSR count). The fourth-order valence-electron chi connectivity index (χ4n) is 2.58. The number of carbonyl (C=O) groups excluding carboxylic acids is 2. The maximum atomic E-state index is 12.1. The number of rotatable bonds is 7. The Labute approximate surface area is 179 Å². The summed E-state index contributed by atoms with van der Waals surface area (Å²) in [7, 11) is 0. The fourth-order valence-corrected chi connectivity index (χ4v) is 2.79. The van der Waals surface area contributed by atoms with Crippen molar-refractivity contribution < 1.29 is 14.3 Å². The zero-order valence-corrected chi connectivity index (χ0v) is 17.0. The summed E-state index contributed by atoms with van der Waals surface area (Å²) in [5.41, 5.74) is 5.33. The third-order valence-electron chi connectivity index (χ3n) is 4.02. The van der Waals surface area contributed by atoms with Gasteiger partial charge in [0, 0.05) is 23.2 Å². The summed E-state index contributed by atoms with van der Waals surface area (Å²) in [6.07, 6.45) is 1.55. The maximum Gasteiger partial charge on any atom is 0.271 e. The van der Waals surface area contributed by atoms with Crippen LogP contribution in [0.4, 0.5) is 5.69 Å². The lowest BCUT2D eigenvalue weighted by molar-refractivity contribution is -0.114. The minimum atomic E-state index is -0.345. The predicted octanol–water partition coefficient (Wildman–Crippen LogP) is 4.64. The highest BCUT2D eigenvalue weighted by Crippen LogP contribution is 2.16. The first-order valence-electron chi connectivity index (χ1n) is 9.18. The van der Waals surface area contributed by atoms with Gasteiger partial charge < -0.3 is 10.1 Å². The molecular weight excluding hydrogens is 402 g/mol. The van der Waals surface area contributed by atoms with E-state index in [0.29, 0.717) is 22.9 Å². The van der Waals surface area contributed by atoms with Gasteiger partial charge in [0.15, 0.2) is 0 Å². The van der Waals surface area contributed by atoms with Gasteiger partial charge in [0.1, 0.15) is 12.4 Å². The van der Waals surface area contributed by atoms with Crippen molar-refractivity contribution in [2.24, 2.45) is 5.10 Å². The molecule has 0 aliphatic rings. The fraction of sp³-hybridized carbons (Fsp3) is 0.0870. The van der Waals surface area contributed by atoms with Crippen molar-refractivity contribution in [3.8, 4) is 5.75 Å². The minimum Gasteiger partial charge on any atom is -0.489 e. The van der Waals surface area contributed by atoms with E-state index in [-0.39, 0.29) is 11.8 Å². The second kappa shape index (κ2) is 10.2. The Morgan fingerprint density at radius 3 is 2.43 bits per heavy atom. The molecule has 7 heteroatoms. The Hall–Kier alpha value is -3.64. The molecule has 0 aromatic heterocycles. The van der Waals surface area contributed by atoms with E-state index in [4.69, 9.17) is 16.3 Å². The first-order valence-corrected chi connectivity index (χ1v) is 9.56. The van der Waals surface area contributed by atoms with Crippen LogP contribution in [-0.2, 0) is 11.4 Å². The standard InChI is InChI=1S/C23H20ClN3O3/c1-16(28)26-21-9-7-19(8-10-21)23(29)27-25-14-17-5-11-22(12-6-17)30-15-18-3-2-4-20(24)13-18/h2-14H,15H2,1H3,(H,26,28)(H,27,29)/b25-14-. The highest BCUT2D eigenvalue weighted by Gasteiger charge is 2.04. The molecule has 0 unspecified atom stereocenters. The van der Waals surface area contributed by atoms with Crippen LogP contribution in [0, 0.1) is 0 Å². The van der Waals surface area contributed by atoms with Crippen LogP contribution < -0.4 is 15.5 Å². The van der Waals surface area contributed by atoms with E-state index in [1.807, 2.05) is 48.5 Å². The molecule has 0 aliphatic carbocycles. The Bertz CT molecular complexity index is 1050. The van der Waals surface area contributed by atoms with Crippen molar-refractivity contribution in [1.29, 1.82) is 0 Å². The van der Waals surface area contributed by atoms with E-state index >= 15 is 0 Å². The van der Waals surface area contributed by atoms with Gasteiger partial charge in [-0.1, -0.05) is 23.7 Å². The van der Waals surface area contributed by atoms with E-state index in [2.05, 4.69) is 15.8 Å². The lowest BCUT2D eigenvalue weighted by atomic mass is 10.2. The molecule has 0 radical (unpaired) electrons. The van der Waals surface area contributed by atoms with E-state index < -0.39 is 0 Å². The molecule has 2 N–H and O–H groups in total. The van der Waals surface area contributed by atoms with Crippen molar-refractivity contribution >= 4 is 35.3 Å². The third-order valence-corrected chi connectivity index (χ3v) is 4.26. The number of carbonyl (C=O) groups is 2. The molecule has 0 atom stereocenters. The summed E-state index contributed by atoms with van der Waals surface area (Å²) in [5, 5.41) is 7.29. The van der Waals surface area contributed by atoms with Gasteiger partial charge in [-0.05, 0) is 71.8 Å². The smallest absolute Gasteiger partial charge is 0.271 e. The number of ether oxygens (including phenoxy) is 1. The normalized spacial score (nSPS) is 10.6. The highest BCUT2D eigenvalue weighted by molar-refractivity contribution is 6.30. The molecule has 6 nitrogen and oxygen atoms in total. The predicted molar refractivity (Wildman–Crippen MR) is 118 cm³/mol. The molecule has 30 heavy (non-hydrogen) atoms. The van der Waals surface area contributed by atoms with Gasteiger partial charge in [-0.2, -0.15) is 5.10 Å². The van der Waals surface area contributed by atoms with Crippen LogP contribution in [-0.4, -0.2) is 18.0 Å². The summed E-state index contributed by atoms with van der Waals surface area (Å²) in [5.74, 6) is 0.204. The van der Waals surface area contributed by atoms with Gasteiger partial charge in [0.25, 0.3) is 5.91 Å². The van der Waals surface area contributed by atoms with Crippen LogP contribution in [0.3, 0.4) is 0 Å². The molecule has 2 amide bonds. The lowest BCUT2D eigenvalue weighted by Gasteiger charge is -2.07. The van der Waals surface area contributed by atoms with Gasteiger partial charge in [-0.3, -0.25) is 9.59 Å². The summed E-state index contributed by atoms with van der Waals surface area (Å²) in [6.45, 7) is 1.85. The maximum absolute atomic E-state index is 12.1. The molecule has 0 fully saturated rings. The summed E-state index contributed by atoms with van der Waals surface area (Å²) in [6, 6.07) is 21.4. The van der Waals surface area contributed by atoms with Gasteiger partial charge in [0.2, 0.25) is 5.91 Å². The van der Waals surface area contributed by atoms with Gasteiger partial charge in [-0.25, -0.2) is 5.43 Å². The molecule has 3 aromatic rings. The highest BCUT2D eigenvalue weighted by atomic mass is 35.5. The van der Waals surface area contributed by atoms with E-state index in [0.717, 1.165) is 16.9 Å².